The van der Waals surface area contributed by atoms with Crippen molar-refractivity contribution in [1.29, 1.82) is 0 Å². The highest BCUT2D eigenvalue weighted by Crippen LogP contribution is 2.08. The highest BCUT2D eigenvalue weighted by Gasteiger charge is 2.02. The third-order valence-corrected chi connectivity index (χ3v) is 2.97. The van der Waals surface area contributed by atoms with Crippen LogP contribution in [0, 0.1) is 0 Å². The molecule has 0 atom stereocenters. The molecule has 0 radical (unpaired) electrons. The zero-order chi connectivity index (χ0) is 12.0. The lowest BCUT2D eigenvalue weighted by Crippen LogP contribution is -2.23. The minimum atomic E-state index is -0.178. The maximum Gasteiger partial charge on any atom is 0.278 e. The maximum atomic E-state index is 10.9. The molecule has 0 bridgehead atoms. The molecule has 0 aliphatic carbocycles. The van der Waals surface area contributed by atoms with Crippen LogP contribution < -0.4 is 0 Å². The summed E-state index contributed by atoms with van der Waals surface area (Å²) < 4.78 is 0. The van der Waals surface area contributed by atoms with Gasteiger partial charge in [0.25, 0.3) is 5.24 Å². The van der Waals surface area contributed by atoms with Crippen LogP contribution in [0.25, 0.3) is 0 Å². The molecule has 0 aromatic heterocycles. The third kappa shape index (κ3) is 4.27. The Bertz CT molecular complexity index is 334. The molecule has 0 N–H and O–H groups in total. The number of hydrogen-bond donors (Lipinski definition) is 1. The topological polar surface area (TPSA) is 20.3 Å². The summed E-state index contributed by atoms with van der Waals surface area (Å²) in [6.45, 7) is 2.90. The molecule has 16 heavy (non-hydrogen) atoms. The summed E-state index contributed by atoms with van der Waals surface area (Å²) in [4.78, 5) is 12.5. The molecular formula is C13H19NOS. The number of nitrogens with zero attached hydrogens (tertiary/aromatic N) is 1. The molecule has 1 amide bonds. The largest absolute Gasteiger partial charge is 0.337 e. The summed E-state index contributed by atoms with van der Waals surface area (Å²) in [6, 6.07) is 8.62. The van der Waals surface area contributed by atoms with Crippen LogP contribution >= 0.6 is 12.6 Å². The summed E-state index contributed by atoms with van der Waals surface area (Å²) in [5, 5.41) is -0.178. The third-order valence-electron chi connectivity index (χ3n) is 2.62. The smallest absolute Gasteiger partial charge is 0.278 e. The second-order valence-corrected chi connectivity index (χ2v) is 4.40. The van der Waals surface area contributed by atoms with E-state index >= 15 is 0 Å². The van der Waals surface area contributed by atoms with E-state index in [1.54, 1.807) is 11.9 Å². The monoisotopic (exact) mass is 237 g/mol. The van der Waals surface area contributed by atoms with E-state index < -0.39 is 0 Å². The molecule has 3 heteroatoms. The number of carbonyl (C=O) groups is 1. The minimum Gasteiger partial charge on any atom is -0.337 e. The van der Waals surface area contributed by atoms with Crippen LogP contribution in [0.5, 0.6) is 0 Å². The van der Waals surface area contributed by atoms with E-state index in [1.165, 1.54) is 17.5 Å². The van der Waals surface area contributed by atoms with Gasteiger partial charge in [-0.05, 0) is 24.0 Å². The summed E-state index contributed by atoms with van der Waals surface area (Å²) in [7, 11) is 1.76. The predicted octanol–water partition coefficient (Wildman–Crippen LogP) is 3.16. The Kier molecular flexibility index (Phi) is 5.39. The molecule has 88 valence electrons. The van der Waals surface area contributed by atoms with Gasteiger partial charge >= 0.3 is 0 Å². The van der Waals surface area contributed by atoms with Crippen molar-refractivity contribution in [2.24, 2.45) is 0 Å². The van der Waals surface area contributed by atoms with Crippen LogP contribution in [0.2, 0.25) is 0 Å². The first-order valence-electron chi connectivity index (χ1n) is 5.65. The van der Waals surface area contributed by atoms with E-state index in [4.69, 9.17) is 0 Å². The normalized spacial score (nSPS) is 10.2. The van der Waals surface area contributed by atoms with Crippen molar-refractivity contribution in [2.75, 3.05) is 13.6 Å². The fourth-order valence-electron chi connectivity index (χ4n) is 1.55. The van der Waals surface area contributed by atoms with Crippen molar-refractivity contribution in [3.63, 3.8) is 0 Å². The number of thiol groups is 1. The highest BCUT2D eigenvalue weighted by atomic mass is 32.1. The quantitative estimate of drug-likeness (QED) is 0.780. The van der Waals surface area contributed by atoms with Crippen LogP contribution in [0.4, 0.5) is 4.79 Å². The summed E-state index contributed by atoms with van der Waals surface area (Å²) in [6.07, 6.45) is 3.20. The molecule has 0 heterocycles. The van der Waals surface area contributed by atoms with E-state index in [1.807, 2.05) is 0 Å². The average molecular weight is 237 g/mol. The number of likely N-dealkylation sites (N-methyl/N-ethyl adjacent to an activating group) is 1. The summed E-state index contributed by atoms with van der Waals surface area (Å²) >= 11 is 3.77. The first-order chi connectivity index (χ1) is 7.63. The van der Waals surface area contributed by atoms with E-state index in [9.17, 15) is 4.79 Å². The summed E-state index contributed by atoms with van der Waals surface area (Å²) in [5.41, 5.74) is 2.64. The lowest BCUT2D eigenvalue weighted by atomic mass is 10.1. The molecule has 1 rings (SSSR count). The fourth-order valence-corrected chi connectivity index (χ4v) is 1.65. The Labute approximate surface area is 103 Å². The molecular weight excluding hydrogens is 218 g/mol. The number of amides is 1. The van der Waals surface area contributed by atoms with Crippen LogP contribution in [-0.2, 0) is 12.8 Å². The lowest BCUT2D eigenvalue weighted by Gasteiger charge is -2.13. The molecule has 0 saturated heterocycles. The molecule has 0 fully saturated rings. The minimum absolute atomic E-state index is 0.178. The molecule has 1 aromatic carbocycles. The standard InChI is InChI=1S/C13H19NOS/c1-3-4-11-5-7-12(8-6-11)9-10-14(2)13(15)16/h5-8H,3-4,9-10H2,1-2H3,(H,15,16). The second-order valence-electron chi connectivity index (χ2n) is 4.02. The Balaban J connectivity index is 2.46. The van der Waals surface area contributed by atoms with E-state index in [2.05, 4.69) is 43.8 Å². The Hall–Kier alpha value is -0.960. The SMILES string of the molecule is CCCc1ccc(CCN(C)C(=O)S)cc1. The van der Waals surface area contributed by atoms with Gasteiger partial charge in [0.1, 0.15) is 0 Å². The van der Waals surface area contributed by atoms with Gasteiger partial charge in [-0.3, -0.25) is 4.79 Å². The van der Waals surface area contributed by atoms with Gasteiger partial charge in [-0.25, -0.2) is 0 Å². The number of hydrogen-bond acceptors (Lipinski definition) is 1. The van der Waals surface area contributed by atoms with Crippen molar-refractivity contribution in [2.45, 2.75) is 26.2 Å². The first-order valence-corrected chi connectivity index (χ1v) is 6.10. The van der Waals surface area contributed by atoms with Gasteiger partial charge in [0.15, 0.2) is 0 Å². The van der Waals surface area contributed by atoms with Crippen molar-refractivity contribution in [3.8, 4) is 0 Å². The van der Waals surface area contributed by atoms with E-state index in [-0.39, 0.29) is 5.24 Å². The van der Waals surface area contributed by atoms with Gasteiger partial charge in [0.05, 0.1) is 0 Å². The van der Waals surface area contributed by atoms with Gasteiger partial charge < -0.3 is 4.90 Å². The molecule has 0 saturated carbocycles. The van der Waals surface area contributed by atoms with E-state index in [0.717, 1.165) is 19.4 Å². The molecule has 0 spiro atoms. The Morgan fingerprint density at radius 1 is 1.19 bits per heavy atom. The van der Waals surface area contributed by atoms with Crippen molar-refractivity contribution in [3.05, 3.63) is 35.4 Å². The predicted molar refractivity (Wildman–Crippen MR) is 71.2 cm³/mol. The number of benzene rings is 1. The zero-order valence-electron chi connectivity index (χ0n) is 9.94. The molecule has 0 unspecified atom stereocenters. The Morgan fingerprint density at radius 3 is 2.12 bits per heavy atom. The Morgan fingerprint density at radius 2 is 1.69 bits per heavy atom. The lowest BCUT2D eigenvalue weighted by molar-refractivity contribution is 0.234. The average Bonchev–Trinajstić information content (AvgIpc) is 2.28. The van der Waals surface area contributed by atoms with Crippen molar-refractivity contribution < 1.29 is 4.79 Å². The first kappa shape index (κ1) is 13.1. The van der Waals surface area contributed by atoms with Crippen LogP contribution in [0.1, 0.15) is 24.5 Å². The number of aryl methyl sites for hydroxylation is 1. The van der Waals surface area contributed by atoms with Gasteiger partial charge in [0.2, 0.25) is 0 Å². The van der Waals surface area contributed by atoms with Gasteiger partial charge in [0, 0.05) is 13.6 Å². The number of rotatable bonds is 5. The highest BCUT2D eigenvalue weighted by molar-refractivity contribution is 7.96. The van der Waals surface area contributed by atoms with E-state index in [0.29, 0.717) is 0 Å². The van der Waals surface area contributed by atoms with Gasteiger partial charge in [-0.15, -0.1) is 0 Å². The summed E-state index contributed by atoms with van der Waals surface area (Å²) in [5.74, 6) is 0. The molecule has 1 aromatic rings. The number of carbonyl (C=O) groups excluding carboxylic acids is 1. The van der Waals surface area contributed by atoms with Crippen LogP contribution in [-0.4, -0.2) is 23.7 Å². The van der Waals surface area contributed by atoms with Crippen LogP contribution in [0.3, 0.4) is 0 Å². The molecule has 0 aliphatic rings. The van der Waals surface area contributed by atoms with Crippen LogP contribution in [0.15, 0.2) is 24.3 Å². The molecule has 2 nitrogen and oxygen atoms in total. The maximum absolute atomic E-state index is 10.9. The van der Waals surface area contributed by atoms with Gasteiger partial charge in [-0.2, -0.15) is 0 Å². The fraction of sp³-hybridized carbons (Fsp3) is 0.462. The zero-order valence-corrected chi connectivity index (χ0v) is 10.8. The molecule has 0 aliphatic heterocycles. The van der Waals surface area contributed by atoms with Crippen molar-refractivity contribution >= 4 is 17.9 Å². The van der Waals surface area contributed by atoms with Gasteiger partial charge in [-0.1, -0.05) is 50.2 Å². The second kappa shape index (κ2) is 6.59. The van der Waals surface area contributed by atoms with Crippen molar-refractivity contribution in [1.82, 2.24) is 4.90 Å².